The third-order valence-corrected chi connectivity index (χ3v) is 4.71. The van der Waals surface area contributed by atoms with Crippen molar-refractivity contribution in [3.8, 4) is 0 Å². The van der Waals surface area contributed by atoms with E-state index in [9.17, 15) is 18.0 Å². The van der Waals surface area contributed by atoms with Crippen molar-refractivity contribution in [3.63, 3.8) is 0 Å². The van der Waals surface area contributed by atoms with Gasteiger partial charge in [-0.2, -0.15) is 13.2 Å². The number of nitrogens with zero attached hydrogens (tertiary/aromatic N) is 2. The van der Waals surface area contributed by atoms with Gasteiger partial charge in [0.05, 0.1) is 0 Å². The normalized spacial score (nSPS) is 31.6. The van der Waals surface area contributed by atoms with Crippen LogP contribution >= 0.6 is 0 Å². The lowest BCUT2D eigenvalue weighted by Gasteiger charge is -2.47. The monoisotopic (exact) mass is 293 g/mol. The molecule has 0 radical (unpaired) electrons. The van der Waals surface area contributed by atoms with Crippen LogP contribution in [-0.4, -0.2) is 67.2 Å². The van der Waals surface area contributed by atoms with Crippen molar-refractivity contribution < 1.29 is 18.0 Å². The summed E-state index contributed by atoms with van der Waals surface area (Å²) in [6.07, 6.45) is -4.66. The highest BCUT2D eigenvalue weighted by molar-refractivity contribution is 5.84. The second-order valence-electron chi connectivity index (χ2n) is 6.47. The lowest BCUT2D eigenvalue weighted by atomic mass is 9.83. The van der Waals surface area contributed by atoms with Gasteiger partial charge in [-0.25, -0.2) is 0 Å². The second kappa shape index (κ2) is 4.87. The van der Waals surface area contributed by atoms with E-state index in [1.54, 1.807) is 0 Å². The Morgan fingerprint density at radius 3 is 2.35 bits per heavy atom. The van der Waals surface area contributed by atoms with Crippen molar-refractivity contribution in [2.45, 2.75) is 32.0 Å². The van der Waals surface area contributed by atoms with Crippen LogP contribution in [0.15, 0.2) is 0 Å². The molecule has 2 heterocycles. The summed E-state index contributed by atoms with van der Waals surface area (Å²) in [5.74, 6) is -0.767. The molecule has 0 aromatic heterocycles. The van der Waals surface area contributed by atoms with Gasteiger partial charge in [0.25, 0.3) is 0 Å². The minimum Gasteiger partial charge on any atom is -0.339 e. The molecule has 4 nitrogen and oxygen atoms in total. The Morgan fingerprint density at radius 2 is 1.90 bits per heavy atom. The van der Waals surface area contributed by atoms with Gasteiger partial charge in [-0.05, 0) is 33.9 Å². The smallest absolute Gasteiger partial charge is 0.339 e. The van der Waals surface area contributed by atoms with E-state index in [1.165, 1.54) is 4.90 Å². The van der Waals surface area contributed by atoms with E-state index in [0.29, 0.717) is 19.6 Å². The average Bonchev–Trinajstić information content (AvgIpc) is 2.81. The molecule has 0 spiro atoms. The predicted molar refractivity (Wildman–Crippen MR) is 69.3 cm³/mol. The van der Waals surface area contributed by atoms with Crippen molar-refractivity contribution in [1.82, 2.24) is 15.1 Å². The summed E-state index contributed by atoms with van der Waals surface area (Å²) in [5, 5.41) is 2.69. The fourth-order valence-electron chi connectivity index (χ4n) is 2.95. The van der Waals surface area contributed by atoms with E-state index in [0.717, 1.165) is 0 Å². The van der Waals surface area contributed by atoms with Gasteiger partial charge < -0.3 is 10.2 Å². The van der Waals surface area contributed by atoms with Gasteiger partial charge in [0.15, 0.2) is 5.41 Å². The molecule has 0 bridgehead atoms. The summed E-state index contributed by atoms with van der Waals surface area (Å²) in [6.45, 7) is 5.11. The van der Waals surface area contributed by atoms with Crippen molar-refractivity contribution >= 4 is 5.91 Å². The molecule has 2 aliphatic rings. The fourth-order valence-corrected chi connectivity index (χ4v) is 2.95. The standard InChI is InChI=1S/C13H22F3N3O/c1-11(2)9-19(7-6-18(11)3)10(20)12(13(14,15)16)4-5-17-8-12/h17H,4-9H2,1-3H3. The van der Waals surface area contributed by atoms with Crippen LogP contribution in [0.1, 0.15) is 20.3 Å². The SMILES string of the molecule is CN1CCN(C(=O)C2(C(F)(F)F)CCNC2)CC1(C)C. The highest BCUT2D eigenvalue weighted by Crippen LogP contribution is 2.44. The molecule has 1 N–H and O–H groups in total. The topological polar surface area (TPSA) is 35.6 Å². The average molecular weight is 293 g/mol. The van der Waals surface area contributed by atoms with Gasteiger partial charge in [-0.3, -0.25) is 9.69 Å². The number of halogens is 3. The molecule has 0 aromatic carbocycles. The maximum Gasteiger partial charge on any atom is 0.404 e. The number of rotatable bonds is 1. The molecule has 0 aliphatic carbocycles. The lowest BCUT2D eigenvalue weighted by Crippen LogP contribution is -2.63. The maximum atomic E-state index is 13.4. The van der Waals surface area contributed by atoms with Gasteiger partial charge in [0, 0.05) is 31.7 Å². The molecule has 2 saturated heterocycles. The summed E-state index contributed by atoms with van der Waals surface area (Å²) in [5.41, 5.74) is -2.54. The third kappa shape index (κ3) is 2.41. The summed E-state index contributed by atoms with van der Waals surface area (Å²) in [7, 11) is 1.93. The molecule has 20 heavy (non-hydrogen) atoms. The Morgan fingerprint density at radius 1 is 1.25 bits per heavy atom. The van der Waals surface area contributed by atoms with Crippen LogP contribution in [0.4, 0.5) is 13.2 Å². The van der Waals surface area contributed by atoms with Gasteiger partial charge in [0.1, 0.15) is 0 Å². The zero-order valence-corrected chi connectivity index (χ0v) is 12.2. The minimum atomic E-state index is -4.50. The van der Waals surface area contributed by atoms with E-state index >= 15 is 0 Å². The highest BCUT2D eigenvalue weighted by Gasteiger charge is 2.62. The number of carbonyl (C=O) groups is 1. The number of alkyl halides is 3. The van der Waals surface area contributed by atoms with Crippen molar-refractivity contribution in [2.24, 2.45) is 5.41 Å². The van der Waals surface area contributed by atoms with Crippen LogP contribution in [0, 0.1) is 5.41 Å². The lowest BCUT2D eigenvalue weighted by molar-refractivity contribution is -0.223. The fraction of sp³-hybridized carbons (Fsp3) is 0.923. The first-order valence-electron chi connectivity index (χ1n) is 6.88. The molecule has 1 unspecified atom stereocenters. The number of carbonyl (C=O) groups excluding carboxylic acids is 1. The summed E-state index contributed by atoms with van der Waals surface area (Å²) in [4.78, 5) is 16.0. The Balaban J connectivity index is 2.22. The molecule has 116 valence electrons. The predicted octanol–water partition coefficient (Wildman–Crippen LogP) is 1.08. The molecule has 7 heteroatoms. The number of piperazine rings is 1. The quantitative estimate of drug-likeness (QED) is 0.786. The highest BCUT2D eigenvalue weighted by atomic mass is 19.4. The Labute approximate surface area is 117 Å². The van der Waals surface area contributed by atoms with Crippen molar-refractivity contribution in [2.75, 3.05) is 39.8 Å². The molecule has 0 saturated carbocycles. The van der Waals surface area contributed by atoms with E-state index in [1.807, 2.05) is 20.9 Å². The second-order valence-corrected chi connectivity index (χ2v) is 6.47. The van der Waals surface area contributed by atoms with Gasteiger partial charge >= 0.3 is 6.18 Å². The summed E-state index contributed by atoms with van der Waals surface area (Å²) < 4.78 is 40.2. The van der Waals surface area contributed by atoms with Crippen LogP contribution < -0.4 is 5.32 Å². The molecule has 0 aromatic rings. The number of hydrogen-bond donors (Lipinski definition) is 1. The molecule has 1 atom stereocenters. The van der Waals surface area contributed by atoms with Gasteiger partial charge in [-0.15, -0.1) is 0 Å². The van der Waals surface area contributed by atoms with Crippen LogP contribution in [0.25, 0.3) is 0 Å². The Hall–Kier alpha value is -0.820. The van der Waals surface area contributed by atoms with E-state index in [2.05, 4.69) is 10.2 Å². The molecule has 2 fully saturated rings. The first kappa shape index (κ1) is 15.6. The number of amides is 1. The van der Waals surface area contributed by atoms with Crippen LogP contribution in [0.3, 0.4) is 0 Å². The first-order valence-corrected chi connectivity index (χ1v) is 6.88. The zero-order valence-electron chi connectivity index (χ0n) is 12.2. The van der Waals surface area contributed by atoms with Crippen molar-refractivity contribution in [3.05, 3.63) is 0 Å². The largest absolute Gasteiger partial charge is 0.404 e. The molecule has 2 rings (SSSR count). The first-order chi connectivity index (χ1) is 9.10. The number of likely N-dealkylation sites (N-methyl/N-ethyl adjacent to an activating group) is 1. The van der Waals surface area contributed by atoms with E-state index < -0.39 is 17.5 Å². The molecular formula is C13H22F3N3O. The molecule has 1 amide bonds. The number of hydrogen-bond acceptors (Lipinski definition) is 3. The zero-order chi connectivity index (χ0) is 15.2. The Kier molecular flexibility index (Phi) is 3.79. The Bertz CT molecular complexity index is 389. The maximum absolute atomic E-state index is 13.4. The van der Waals surface area contributed by atoms with Crippen molar-refractivity contribution in [1.29, 1.82) is 0 Å². The minimum absolute atomic E-state index is 0.165. The van der Waals surface area contributed by atoms with E-state index in [-0.39, 0.29) is 25.0 Å². The molecule has 2 aliphatic heterocycles. The summed E-state index contributed by atoms with van der Waals surface area (Å²) in [6, 6.07) is 0. The third-order valence-electron chi connectivity index (χ3n) is 4.71. The van der Waals surface area contributed by atoms with E-state index in [4.69, 9.17) is 0 Å². The van der Waals surface area contributed by atoms with Crippen LogP contribution in [0.5, 0.6) is 0 Å². The summed E-state index contributed by atoms with van der Waals surface area (Å²) >= 11 is 0. The molecular weight excluding hydrogens is 271 g/mol. The van der Waals surface area contributed by atoms with Gasteiger partial charge in [-0.1, -0.05) is 0 Å². The number of nitrogens with one attached hydrogen (secondary N) is 1. The van der Waals surface area contributed by atoms with Crippen LogP contribution in [-0.2, 0) is 4.79 Å². The van der Waals surface area contributed by atoms with Gasteiger partial charge in [0.2, 0.25) is 5.91 Å². The van der Waals surface area contributed by atoms with Crippen LogP contribution in [0.2, 0.25) is 0 Å².